The maximum Gasteiger partial charge on any atom is 0.337 e. The summed E-state index contributed by atoms with van der Waals surface area (Å²) in [6.45, 7) is 4.09. The highest BCUT2D eigenvalue weighted by Gasteiger charge is 2.35. The van der Waals surface area contributed by atoms with E-state index in [1.54, 1.807) is 45.2 Å². The second-order valence-electron chi connectivity index (χ2n) is 5.75. The van der Waals surface area contributed by atoms with E-state index in [-0.39, 0.29) is 5.91 Å². The first-order valence-corrected chi connectivity index (χ1v) is 7.60. The summed E-state index contributed by atoms with van der Waals surface area (Å²) in [6.07, 6.45) is 0.676. The Bertz CT molecular complexity index is 581. The molecule has 0 aromatic heterocycles. The van der Waals surface area contributed by atoms with E-state index in [4.69, 9.17) is 4.74 Å². The minimum Gasteiger partial charge on any atom is -0.465 e. The third kappa shape index (κ3) is 5.34. The quantitative estimate of drug-likeness (QED) is 0.427. The van der Waals surface area contributed by atoms with Gasteiger partial charge in [0.15, 0.2) is 0 Å². The monoisotopic (exact) mass is 336 g/mol. The lowest BCUT2D eigenvalue weighted by molar-refractivity contribution is -0.138. The van der Waals surface area contributed by atoms with Crippen LogP contribution in [-0.4, -0.2) is 45.2 Å². The van der Waals surface area contributed by atoms with Gasteiger partial charge in [-0.25, -0.2) is 4.79 Å². The van der Waals surface area contributed by atoms with Crippen LogP contribution in [-0.2, 0) is 19.1 Å². The van der Waals surface area contributed by atoms with Crippen LogP contribution in [0.3, 0.4) is 0 Å². The zero-order valence-corrected chi connectivity index (χ0v) is 14.5. The molecule has 0 spiro atoms. The summed E-state index contributed by atoms with van der Waals surface area (Å²) >= 11 is 0. The third-order valence-corrected chi connectivity index (χ3v) is 3.51. The maximum atomic E-state index is 12.4. The lowest BCUT2D eigenvalue weighted by atomic mass is 9.91. The van der Waals surface area contributed by atoms with E-state index in [0.29, 0.717) is 30.8 Å². The van der Waals surface area contributed by atoms with Crippen molar-refractivity contribution in [3.05, 3.63) is 29.8 Å². The normalized spacial score (nSPS) is 10.8. The second kappa shape index (κ2) is 9.02. The van der Waals surface area contributed by atoms with Gasteiger partial charge >= 0.3 is 5.97 Å². The predicted molar refractivity (Wildman–Crippen MR) is 89.7 cm³/mol. The molecule has 7 heteroatoms. The number of esters is 1. The summed E-state index contributed by atoms with van der Waals surface area (Å²) in [6, 6.07) is 6.24. The van der Waals surface area contributed by atoms with Gasteiger partial charge in [0, 0.05) is 25.9 Å². The molecule has 0 aliphatic heterocycles. The first-order valence-electron chi connectivity index (χ1n) is 7.60. The highest BCUT2D eigenvalue weighted by atomic mass is 16.5. The first kappa shape index (κ1) is 19.6. The van der Waals surface area contributed by atoms with Crippen LogP contribution in [0.4, 0.5) is 5.69 Å². The molecule has 0 atom stereocenters. The number of methoxy groups -OCH3 is 2. The van der Waals surface area contributed by atoms with Gasteiger partial charge in [-0.2, -0.15) is 0 Å². The molecule has 24 heavy (non-hydrogen) atoms. The van der Waals surface area contributed by atoms with Gasteiger partial charge < -0.3 is 20.1 Å². The standard InChI is InChI=1S/C17H24N2O5/c1-17(2,15(21)18-10-5-11-23-3)16(22)19-13-8-6-12(7-9-13)14(20)24-4/h6-9H,5,10-11H2,1-4H3,(H,18,21)(H,19,22). The molecule has 0 saturated heterocycles. The number of nitrogens with one attached hydrogen (secondary N) is 2. The number of anilines is 1. The van der Waals surface area contributed by atoms with Crippen LogP contribution >= 0.6 is 0 Å². The third-order valence-electron chi connectivity index (χ3n) is 3.51. The SMILES string of the molecule is COCCCNC(=O)C(C)(C)C(=O)Nc1ccc(C(=O)OC)cc1. The van der Waals surface area contributed by atoms with E-state index >= 15 is 0 Å². The molecule has 2 N–H and O–H groups in total. The van der Waals surface area contributed by atoms with Gasteiger partial charge in [-0.3, -0.25) is 9.59 Å². The van der Waals surface area contributed by atoms with E-state index in [1.165, 1.54) is 7.11 Å². The molecule has 0 saturated carbocycles. The summed E-state index contributed by atoms with van der Waals surface area (Å²) in [5.74, 6) is -1.25. The molecule has 132 valence electrons. The van der Waals surface area contributed by atoms with Gasteiger partial charge in [-0.1, -0.05) is 0 Å². The summed E-state index contributed by atoms with van der Waals surface area (Å²) in [4.78, 5) is 35.9. The second-order valence-corrected chi connectivity index (χ2v) is 5.75. The number of amides is 2. The number of rotatable bonds is 8. The van der Waals surface area contributed by atoms with Gasteiger partial charge in [-0.15, -0.1) is 0 Å². The van der Waals surface area contributed by atoms with Crippen molar-refractivity contribution in [2.24, 2.45) is 5.41 Å². The minimum absolute atomic E-state index is 0.359. The molecule has 0 unspecified atom stereocenters. The van der Waals surface area contributed by atoms with Crippen LogP contribution < -0.4 is 10.6 Å². The van der Waals surface area contributed by atoms with Gasteiger partial charge in [0.2, 0.25) is 11.8 Å². The molecule has 2 amide bonds. The molecular weight excluding hydrogens is 312 g/mol. The lowest BCUT2D eigenvalue weighted by Gasteiger charge is -2.22. The smallest absolute Gasteiger partial charge is 0.337 e. The van der Waals surface area contributed by atoms with E-state index in [9.17, 15) is 14.4 Å². The van der Waals surface area contributed by atoms with Crippen LogP contribution in [0.1, 0.15) is 30.6 Å². The van der Waals surface area contributed by atoms with E-state index < -0.39 is 17.3 Å². The molecule has 0 fully saturated rings. The molecular formula is C17H24N2O5. The average Bonchev–Trinajstić information content (AvgIpc) is 2.58. The molecule has 1 aromatic carbocycles. The fraction of sp³-hybridized carbons (Fsp3) is 0.471. The van der Waals surface area contributed by atoms with Crippen LogP contribution in [0.25, 0.3) is 0 Å². The molecule has 0 radical (unpaired) electrons. The Morgan fingerprint density at radius 2 is 1.67 bits per heavy atom. The Kier molecular flexibility index (Phi) is 7.38. The largest absolute Gasteiger partial charge is 0.465 e. The predicted octanol–water partition coefficient (Wildman–Crippen LogP) is 1.59. The van der Waals surface area contributed by atoms with Crippen molar-refractivity contribution in [2.75, 3.05) is 32.7 Å². The number of ether oxygens (including phenoxy) is 2. The summed E-state index contributed by atoms with van der Waals surface area (Å²) in [7, 11) is 2.89. The maximum absolute atomic E-state index is 12.4. The fourth-order valence-electron chi connectivity index (χ4n) is 1.84. The van der Waals surface area contributed by atoms with Crippen molar-refractivity contribution in [3.8, 4) is 0 Å². The number of benzene rings is 1. The van der Waals surface area contributed by atoms with E-state index in [2.05, 4.69) is 15.4 Å². The van der Waals surface area contributed by atoms with Crippen LogP contribution in [0.5, 0.6) is 0 Å². The van der Waals surface area contributed by atoms with Gasteiger partial charge in [-0.05, 0) is 44.5 Å². The Labute approximate surface area is 141 Å². The van der Waals surface area contributed by atoms with Crippen molar-refractivity contribution in [3.63, 3.8) is 0 Å². The summed E-state index contributed by atoms with van der Waals surface area (Å²) in [5, 5.41) is 5.39. The van der Waals surface area contributed by atoms with Crippen molar-refractivity contribution >= 4 is 23.5 Å². The number of carbonyl (C=O) groups excluding carboxylic acids is 3. The highest BCUT2D eigenvalue weighted by Crippen LogP contribution is 2.19. The zero-order chi connectivity index (χ0) is 18.2. The Morgan fingerprint density at radius 1 is 1.04 bits per heavy atom. The van der Waals surface area contributed by atoms with Crippen molar-refractivity contribution in [1.29, 1.82) is 0 Å². The van der Waals surface area contributed by atoms with Crippen LogP contribution in [0.2, 0.25) is 0 Å². The number of hydrogen-bond acceptors (Lipinski definition) is 5. The van der Waals surface area contributed by atoms with Crippen LogP contribution in [0.15, 0.2) is 24.3 Å². The first-order chi connectivity index (χ1) is 11.3. The fourth-order valence-corrected chi connectivity index (χ4v) is 1.84. The number of carbonyl (C=O) groups is 3. The van der Waals surface area contributed by atoms with Gasteiger partial charge in [0.1, 0.15) is 5.41 Å². The highest BCUT2D eigenvalue weighted by molar-refractivity contribution is 6.09. The van der Waals surface area contributed by atoms with E-state index in [0.717, 1.165) is 0 Å². The molecule has 0 heterocycles. The molecule has 0 aliphatic carbocycles. The zero-order valence-electron chi connectivity index (χ0n) is 14.5. The Morgan fingerprint density at radius 3 is 2.21 bits per heavy atom. The Hall–Kier alpha value is -2.41. The minimum atomic E-state index is -1.23. The van der Waals surface area contributed by atoms with Gasteiger partial charge in [0.25, 0.3) is 0 Å². The van der Waals surface area contributed by atoms with E-state index in [1.807, 2.05) is 0 Å². The van der Waals surface area contributed by atoms with Crippen molar-refractivity contribution < 1.29 is 23.9 Å². The molecule has 7 nitrogen and oxygen atoms in total. The molecule has 0 bridgehead atoms. The van der Waals surface area contributed by atoms with Crippen LogP contribution in [0, 0.1) is 5.41 Å². The topological polar surface area (TPSA) is 93.7 Å². The lowest BCUT2D eigenvalue weighted by Crippen LogP contribution is -2.45. The molecule has 1 aromatic rings. The summed E-state index contributed by atoms with van der Waals surface area (Å²) < 4.78 is 9.52. The summed E-state index contributed by atoms with van der Waals surface area (Å²) in [5.41, 5.74) is -0.354. The van der Waals surface area contributed by atoms with Crippen molar-refractivity contribution in [2.45, 2.75) is 20.3 Å². The molecule has 1 rings (SSSR count). The molecule has 0 aliphatic rings. The van der Waals surface area contributed by atoms with Gasteiger partial charge in [0.05, 0.1) is 12.7 Å². The Balaban J connectivity index is 2.64. The number of hydrogen-bond donors (Lipinski definition) is 2. The average molecular weight is 336 g/mol. The van der Waals surface area contributed by atoms with Crippen molar-refractivity contribution in [1.82, 2.24) is 5.32 Å².